The van der Waals surface area contributed by atoms with Gasteiger partial charge < -0.3 is 11.1 Å². The van der Waals surface area contributed by atoms with Gasteiger partial charge in [0.15, 0.2) is 0 Å². The summed E-state index contributed by atoms with van der Waals surface area (Å²) in [5.74, 6) is -0.504. The standard InChI is InChI=1S/C13H13ClFN3O2S/c14-10-5-8(1-3-11(10)15)7-18-13-6-9(21(17,19)20)2-4-12(13)16/h1-6,18H,7,16H2,(H2,17,19,20). The first kappa shape index (κ1) is 15.6. The molecule has 2 aromatic rings. The van der Waals surface area contributed by atoms with E-state index in [-0.39, 0.29) is 9.92 Å². The normalized spacial score (nSPS) is 11.4. The van der Waals surface area contributed by atoms with Crippen molar-refractivity contribution in [2.45, 2.75) is 11.4 Å². The van der Waals surface area contributed by atoms with Gasteiger partial charge in [-0.25, -0.2) is 17.9 Å². The van der Waals surface area contributed by atoms with E-state index in [0.717, 1.165) is 5.56 Å². The molecule has 0 saturated heterocycles. The van der Waals surface area contributed by atoms with Gasteiger partial charge in [-0.3, -0.25) is 0 Å². The third-order valence-corrected chi connectivity index (χ3v) is 4.02. The summed E-state index contributed by atoms with van der Waals surface area (Å²) in [6, 6.07) is 8.40. The second kappa shape index (κ2) is 5.88. The van der Waals surface area contributed by atoms with Crippen LogP contribution in [-0.2, 0) is 16.6 Å². The zero-order chi connectivity index (χ0) is 15.6. The monoisotopic (exact) mass is 329 g/mol. The summed E-state index contributed by atoms with van der Waals surface area (Å²) in [7, 11) is -3.80. The molecule has 112 valence electrons. The van der Waals surface area contributed by atoms with Gasteiger partial charge >= 0.3 is 0 Å². The highest BCUT2D eigenvalue weighted by Crippen LogP contribution is 2.23. The van der Waals surface area contributed by atoms with E-state index in [1.165, 1.54) is 30.3 Å². The highest BCUT2D eigenvalue weighted by atomic mass is 35.5. The molecular formula is C13H13ClFN3O2S. The van der Waals surface area contributed by atoms with Crippen LogP contribution in [0.4, 0.5) is 15.8 Å². The lowest BCUT2D eigenvalue weighted by molar-refractivity contribution is 0.598. The minimum atomic E-state index is -3.80. The molecule has 0 unspecified atom stereocenters. The van der Waals surface area contributed by atoms with E-state index in [9.17, 15) is 12.8 Å². The number of sulfonamides is 1. The minimum Gasteiger partial charge on any atom is -0.397 e. The fourth-order valence-corrected chi connectivity index (χ4v) is 2.46. The SMILES string of the molecule is Nc1ccc(S(N)(=O)=O)cc1NCc1ccc(F)c(Cl)c1. The maximum atomic E-state index is 13.1. The highest BCUT2D eigenvalue weighted by Gasteiger charge is 2.10. The van der Waals surface area contributed by atoms with Crippen molar-refractivity contribution in [2.75, 3.05) is 11.1 Å². The molecule has 0 spiro atoms. The Morgan fingerprint density at radius 2 is 1.90 bits per heavy atom. The Kier molecular flexibility index (Phi) is 4.36. The van der Waals surface area contributed by atoms with Gasteiger partial charge in [-0.15, -0.1) is 0 Å². The van der Waals surface area contributed by atoms with Crippen LogP contribution in [0.15, 0.2) is 41.3 Å². The van der Waals surface area contributed by atoms with Crippen LogP contribution in [0.5, 0.6) is 0 Å². The molecule has 0 saturated carbocycles. The van der Waals surface area contributed by atoms with Crippen molar-refractivity contribution in [2.24, 2.45) is 5.14 Å². The quantitative estimate of drug-likeness (QED) is 0.750. The largest absolute Gasteiger partial charge is 0.397 e. The molecule has 5 nitrogen and oxygen atoms in total. The van der Waals surface area contributed by atoms with Crippen LogP contribution >= 0.6 is 11.6 Å². The van der Waals surface area contributed by atoms with E-state index < -0.39 is 15.8 Å². The van der Waals surface area contributed by atoms with Crippen LogP contribution in [0.3, 0.4) is 0 Å². The van der Waals surface area contributed by atoms with Gasteiger partial charge in [-0.05, 0) is 35.9 Å². The number of anilines is 2. The van der Waals surface area contributed by atoms with Crippen LogP contribution in [0, 0.1) is 5.82 Å². The summed E-state index contributed by atoms with van der Waals surface area (Å²) in [6.45, 7) is 0.304. The van der Waals surface area contributed by atoms with E-state index >= 15 is 0 Å². The Morgan fingerprint density at radius 1 is 1.19 bits per heavy atom. The number of rotatable bonds is 4. The summed E-state index contributed by atoms with van der Waals surface area (Å²) >= 11 is 5.69. The van der Waals surface area contributed by atoms with E-state index in [1.807, 2.05) is 0 Å². The van der Waals surface area contributed by atoms with Crippen molar-refractivity contribution in [1.82, 2.24) is 0 Å². The molecule has 0 bridgehead atoms. The van der Waals surface area contributed by atoms with Crippen molar-refractivity contribution in [1.29, 1.82) is 0 Å². The average Bonchev–Trinajstić information content (AvgIpc) is 2.40. The zero-order valence-electron chi connectivity index (χ0n) is 10.8. The van der Waals surface area contributed by atoms with Crippen molar-refractivity contribution >= 4 is 33.0 Å². The van der Waals surface area contributed by atoms with E-state index in [1.54, 1.807) is 6.07 Å². The van der Waals surface area contributed by atoms with Gasteiger partial charge in [0.2, 0.25) is 10.0 Å². The number of nitrogen functional groups attached to an aromatic ring is 1. The predicted octanol–water partition coefficient (Wildman–Crippen LogP) is 2.32. The Bertz CT molecular complexity index is 781. The molecule has 0 atom stereocenters. The lowest BCUT2D eigenvalue weighted by Gasteiger charge is -2.11. The molecule has 0 aliphatic rings. The van der Waals surface area contributed by atoms with Crippen LogP contribution < -0.4 is 16.2 Å². The molecule has 2 rings (SSSR count). The molecule has 0 amide bonds. The first-order chi connectivity index (χ1) is 9.77. The number of benzene rings is 2. The Morgan fingerprint density at radius 3 is 2.52 bits per heavy atom. The molecule has 0 radical (unpaired) electrons. The lowest BCUT2D eigenvalue weighted by atomic mass is 10.2. The summed E-state index contributed by atoms with van der Waals surface area (Å²) in [4.78, 5) is -0.0451. The highest BCUT2D eigenvalue weighted by molar-refractivity contribution is 7.89. The third-order valence-electron chi connectivity index (χ3n) is 2.82. The Balaban J connectivity index is 2.21. The molecule has 5 N–H and O–H groups in total. The molecule has 0 fully saturated rings. The van der Waals surface area contributed by atoms with Crippen LogP contribution in [0.25, 0.3) is 0 Å². The van der Waals surface area contributed by atoms with Gasteiger partial charge in [0.1, 0.15) is 5.82 Å². The number of halogens is 2. The van der Waals surface area contributed by atoms with Gasteiger partial charge in [-0.2, -0.15) is 0 Å². The first-order valence-electron chi connectivity index (χ1n) is 5.87. The summed E-state index contributed by atoms with van der Waals surface area (Å²) < 4.78 is 35.7. The molecule has 2 aromatic carbocycles. The summed E-state index contributed by atoms with van der Waals surface area (Å²) in [6.07, 6.45) is 0. The number of nitrogens with one attached hydrogen (secondary N) is 1. The Labute approximate surface area is 126 Å². The zero-order valence-corrected chi connectivity index (χ0v) is 12.4. The number of primary sulfonamides is 1. The van der Waals surface area contributed by atoms with Gasteiger partial charge in [0.05, 0.1) is 21.3 Å². The number of hydrogen-bond acceptors (Lipinski definition) is 4. The fourth-order valence-electron chi connectivity index (χ4n) is 1.71. The first-order valence-corrected chi connectivity index (χ1v) is 7.80. The van der Waals surface area contributed by atoms with E-state index in [4.69, 9.17) is 22.5 Å². The fraction of sp³-hybridized carbons (Fsp3) is 0.0769. The van der Waals surface area contributed by atoms with E-state index in [2.05, 4.69) is 5.32 Å². The minimum absolute atomic E-state index is 0.0144. The third kappa shape index (κ3) is 3.84. The van der Waals surface area contributed by atoms with Crippen molar-refractivity contribution < 1.29 is 12.8 Å². The van der Waals surface area contributed by atoms with Crippen LogP contribution in [0.1, 0.15) is 5.56 Å². The Hall–Kier alpha value is -1.83. The topological polar surface area (TPSA) is 98.2 Å². The van der Waals surface area contributed by atoms with Crippen LogP contribution in [0.2, 0.25) is 5.02 Å². The molecule has 0 aromatic heterocycles. The number of nitrogens with two attached hydrogens (primary N) is 2. The maximum Gasteiger partial charge on any atom is 0.238 e. The van der Waals surface area contributed by atoms with Gasteiger partial charge in [0.25, 0.3) is 0 Å². The maximum absolute atomic E-state index is 13.1. The predicted molar refractivity (Wildman–Crippen MR) is 81.0 cm³/mol. The van der Waals surface area contributed by atoms with Crippen LogP contribution in [-0.4, -0.2) is 8.42 Å². The smallest absolute Gasteiger partial charge is 0.238 e. The molecular weight excluding hydrogens is 317 g/mol. The molecule has 0 aliphatic carbocycles. The molecule has 8 heteroatoms. The van der Waals surface area contributed by atoms with Crippen molar-refractivity contribution in [3.05, 3.63) is 52.8 Å². The second-order valence-corrected chi connectivity index (χ2v) is 6.36. The van der Waals surface area contributed by atoms with Gasteiger partial charge in [-0.1, -0.05) is 17.7 Å². The van der Waals surface area contributed by atoms with Gasteiger partial charge in [0, 0.05) is 6.54 Å². The molecule has 21 heavy (non-hydrogen) atoms. The molecule has 0 heterocycles. The summed E-state index contributed by atoms with van der Waals surface area (Å²) in [5.41, 5.74) is 7.28. The van der Waals surface area contributed by atoms with Crippen molar-refractivity contribution in [3.63, 3.8) is 0 Å². The number of hydrogen-bond donors (Lipinski definition) is 3. The lowest BCUT2D eigenvalue weighted by Crippen LogP contribution is -2.13. The average molecular weight is 330 g/mol. The summed E-state index contributed by atoms with van der Waals surface area (Å²) in [5, 5.41) is 8.04. The molecule has 0 aliphatic heterocycles. The van der Waals surface area contributed by atoms with Crippen molar-refractivity contribution in [3.8, 4) is 0 Å². The van der Waals surface area contributed by atoms with E-state index in [0.29, 0.717) is 17.9 Å². The second-order valence-electron chi connectivity index (χ2n) is 4.40.